The van der Waals surface area contributed by atoms with Gasteiger partial charge in [0.25, 0.3) is 0 Å². The summed E-state index contributed by atoms with van der Waals surface area (Å²) in [7, 11) is 3.60. The lowest BCUT2D eigenvalue weighted by Crippen LogP contribution is -2.48. The smallest absolute Gasteiger partial charge is 0.191 e. The van der Waals surface area contributed by atoms with Gasteiger partial charge in [-0.3, -0.25) is 14.8 Å². The highest BCUT2D eigenvalue weighted by Gasteiger charge is 2.30. The normalized spacial score (nSPS) is 22.9. The van der Waals surface area contributed by atoms with Gasteiger partial charge in [-0.1, -0.05) is 12.8 Å². The van der Waals surface area contributed by atoms with Crippen LogP contribution in [0.2, 0.25) is 0 Å². The summed E-state index contributed by atoms with van der Waals surface area (Å²) >= 11 is 0. The van der Waals surface area contributed by atoms with Crippen molar-refractivity contribution >= 4 is 35.6 Å². The molecule has 1 unspecified atom stereocenters. The first-order valence-corrected chi connectivity index (χ1v) is 12.6. The van der Waals surface area contributed by atoms with E-state index in [2.05, 4.69) is 42.5 Å². The molecule has 3 aliphatic rings. The molecular formula is C25H43IN6O. The number of nitrogens with zero attached hydrogens (tertiary/aromatic N) is 4. The first kappa shape index (κ1) is 26.3. The number of aliphatic imine (C=N–C) groups is 1. The van der Waals surface area contributed by atoms with Crippen molar-refractivity contribution < 1.29 is 4.74 Å². The van der Waals surface area contributed by atoms with E-state index in [-0.39, 0.29) is 24.0 Å². The van der Waals surface area contributed by atoms with E-state index < -0.39 is 0 Å². The van der Waals surface area contributed by atoms with Gasteiger partial charge in [-0.15, -0.1) is 24.0 Å². The standard InChI is InChI=1S/C25H42N6O.HI/c1-26-25(28-21-12-15-31(20-21)22-6-3-4-7-22)27-13-5-14-29-16-18-30(19-17-29)23-8-10-24(32-2)11-9-23;/h8-11,21-22H,3-7,12-20H2,1-2H3,(H2,26,27,28);1H. The number of hydrogen-bond acceptors (Lipinski definition) is 5. The molecule has 1 aromatic carbocycles. The van der Waals surface area contributed by atoms with Gasteiger partial charge >= 0.3 is 0 Å². The number of hydrogen-bond donors (Lipinski definition) is 2. The molecule has 7 nitrogen and oxygen atoms in total. The Morgan fingerprint density at radius 1 is 1.03 bits per heavy atom. The van der Waals surface area contributed by atoms with E-state index >= 15 is 0 Å². The Hall–Kier alpha value is -1.26. The number of halogens is 1. The van der Waals surface area contributed by atoms with Gasteiger partial charge in [0, 0.05) is 70.6 Å². The molecule has 0 aromatic heterocycles. The molecule has 33 heavy (non-hydrogen) atoms. The van der Waals surface area contributed by atoms with Crippen molar-refractivity contribution in [1.82, 2.24) is 20.4 Å². The van der Waals surface area contributed by atoms with Crippen molar-refractivity contribution in [2.45, 2.75) is 50.6 Å². The van der Waals surface area contributed by atoms with Gasteiger partial charge in [-0.05, 0) is 56.5 Å². The third-order valence-electron chi connectivity index (χ3n) is 7.38. The zero-order valence-corrected chi connectivity index (χ0v) is 22.8. The monoisotopic (exact) mass is 570 g/mol. The van der Waals surface area contributed by atoms with E-state index in [1.807, 2.05) is 19.2 Å². The van der Waals surface area contributed by atoms with Crippen LogP contribution in [0.5, 0.6) is 5.75 Å². The van der Waals surface area contributed by atoms with Crippen LogP contribution in [0, 0.1) is 0 Å². The lowest BCUT2D eigenvalue weighted by atomic mass is 10.2. The average Bonchev–Trinajstić information content (AvgIpc) is 3.54. The summed E-state index contributed by atoms with van der Waals surface area (Å²) in [5.74, 6) is 1.89. The summed E-state index contributed by atoms with van der Waals surface area (Å²) in [5.41, 5.74) is 1.29. The summed E-state index contributed by atoms with van der Waals surface area (Å²) < 4.78 is 5.27. The molecule has 186 valence electrons. The number of likely N-dealkylation sites (tertiary alicyclic amines) is 1. The van der Waals surface area contributed by atoms with E-state index in [1.165, 1.54) is 50.9 Å². The van der Waals surface area contributed by atoms with Crippen molar-refractivity contribution in [3.05, 3.63) is 24.3 Å². The van der Waals surface area contributed by atoms with E-state index in [4.69, 9.17) is 4.74 Å². The minimum absolute atomic E-state index is 0. The quantitative estimate of drug-likeness (QED) is 0.217. The summed E-state index contributed by atoms with van der Waals surface area (Å²) in [6.45, 7) is 8.93. The Bertz CT molecular complexity index is 716. The number of methoxy groups -OCH3 is 1. The number of anilines is 1. The maximum atomic E-state index is 5.27. The molecule has 1 saturated carbocycles. The molecule has 0 radical (unpaired) electrons. The maximum Gasteiger partial charge on any atom is 0.191 e. The van der Waals surface area contributed by atoms with Gasteiger partial charge < -0.3 is 20.3 Å². The van der Waals surface area contributed by atoms with Crippen molar-refractivity contribution in [2.24, 2.45) is 4.99 Å². The zero-order valence-electron chi connectivity index (χ0n) is 20.5. The highest BCUT2D eigenvalue weighted by atomic mass is 127. The van der Waals surface area contributed by atoms with Gasteiger partial charge in [0.1, 0.15) is 5.75 Å². The Kier molecular flexibility index (Phi) is 10.8. The van der Waals surface area contributed by atoms with Gasteiger partial charge in [-0.25, -0.2) is 0 Å². The fourth-order valence-corrected chi connectivity index (χ4v) is 5.43. The van der Waals surface area contributed by atoms with E-state index in [1.54, 1.807) is 7.11 Å². The lowest BCUT2D eigenvalue weighted by Gasteiger charge is -2.36. The molecule has 1 aromatic rings. The largest absolute Gasteiger partial charge is 0.497 e. The molecule has 1 aliphatic carbocycles. The maximum absolute atomic E-state index is 5.27. The second-order valence-electron chi connectivity index (χ2n) is 9.44. The molecule has 8 heteroatoms. The summed E-state index contributed by atoms with van der Waals surface area (Å²) in [4.78, 5) is 12.2. The van der Waals surface area contributed by atoms with E-state index in [0.717, 1.165) is 63.4 Å². The van der Waals surface area contributed by atoms with Gasteiger partial charge in [0.05, 0.1) is 7.11 Å². The predicted octanol–water partition coefficient (Wildman–Crippen LogP) is 3.01. The van der Waals surface area contributed by atoms with Crippen LogP contribution in [0.25, 0.3) is 0 Å². The number of piperazine rings is 1. The van der Waals surface area contributed by atoms with E-state index in [9.17, 15) is 0 Å². The van der Waals surface area contributed by atoms with Crippen LogP contribution in [-0.2, 0) is 0 Å². The summed E-state index contributed by atoms with van der Waals surface area (Å²) in [6.07, 6.45) is 8.00. The molecule has 1 atom stereocenters. The highest BCUT2D eigenvalue weighted by Crippen LogP contribution is 2.26. The lowest BCUT2D eigenvalue weighted by molar-refractivity contribution is 0.242. The third-order valence-corrected chi connectivity index (χ3v) is 7.38. The van der Waals surface area contributed by atoms with Crippen molar-refractivity contribution in [3.63, 3.8) is 0 Å². The first-order chi connectivity index (χ1) is 15.7. The topological polar surface area (TPSA) is 55.4 Å². The van der Waals surface area contributed by atoms with Crippen LogP contribution in [0.15, 0.2) is 29.3 Å². The first-order valence-electron chi connectivity index (χ1n) is 12.6. The third kappa shape index (κ3) is 7.62. The molecular weight excluding hydrogens is 527 g/mol. The second kappa shape index (κ2) is 13.6. The second-order valence-corrected chi connectivity index (χ2v) is 9.44. The van der Waals surface area contributed by atoms with Crippen LogP contribution < -0.4 is 20.3 Å². The number of ether oxygens (including phenoxy) is 1. The molecule has 4 rings (SSSR count). The van der Waals surface area contributed by atoms with Crippen molar-refractivity contribution in [1.29, 1.82) is 0 Å². The molecule has 2 aliphatic heterocycles. The zero-order chi connectivity index (χ0) is 22.2. The Balaban J connectivity index is 0.00000306. The molecule has 0 bridgehead atoms. The van der Waals surface area contributed by atoms with Crippen molar-refractivity contribution in [3.8, 4) is 5.75 Å². The fourth-order valence-electron chi connectivity index (χ4n) is 5.43. The molecule has 0 spiro atoms. The molecule has 3 fully saturated rings. The number of nitrogens with one attached hydrogen (secondary N) is 2. The van der Waals surface area contributed by atoms with Crippen LogP contribution in [-0.4, -0.2) is 94.4 Å². The fraction of sp³-hybridized carbons (Fsp3) is 0.720. The molecule has 2 heterocycles. The van der Waals surface area contributed by atoms with Crippen LogP contribution in [0.4, 0.5) is 5.69 Å². The molecule has 2 N–H and O–H groups in total. The van der Waals surface area contributed by atoms with Gasteiger partial charge in [-0.2, -0.15) is 0 Å². The Labute approximate surface area is 217 Å². The highest BCUT2D eigenvalue weighted by molar-refractivity contribution is 14.0. The SMILES string of the molecule is CN=C(NCCCN1CCN(c2ccc(OC)cc2)CC1)NC1CCN(C2CCCC2)C1.I. The average molecular weight is 571 g/mol. The Morgan fingerprint density at radius 2 is 1.76 bits per heavy atom. The molecule has 2 saturated heterocycles. The number of guanidine groups is 1. The van der Waals surface area contributed by atoms with Gasteiger partial charge in [0.15, 0.2) is 5.96 Å². The van der Waals surface area contributed by atoms with Crippen LogP contribution >= 0.6 is 24.0 Å². The minimum Gasteiger partial charge on any atom is -0.497 e. The summed E-state index contributed by atoms with van der Waals surface area (Å²) in [6, 6.07) is 9.79. The Morgan fingerprint density at radius 3 is 2.42 bits per heavy atom. The van der Waals surface area contributed by atoms with Crippen LogP contribution in [0.1, 0.15) is 38.5 Å². The summed E-state index contributed by atoms with van der Waals surface area (Å²) in [5, 5.41) is 7.19. The number of benzene rings is 1. The predicted molar refractivity (Wildman–Crippen MR) is 148 cm³/mol. The van der Waals surface area contributed by atoms with Crippen molar-refractivity contribution in [2.75, 3.05) is 71.4 Å². The van der Waals surface area contributed by atoms with E-state index in [0.29, 0.717) is 6.04 Å². The van der Waals surface area contributed by atoms with Gasteiger partial charge in [0.2, 0.25) is 0 Å². The minimum atomic E-state index is 0. The van der Waals surface area contributed by atoms with Crippen LogP contribution in [0.3, 0.4) is 0 Å². The molecule has 0 amide bonds. The number of rotatable bonds is 8.